The first-order valence-corrected chi connectivity index (χ1v) is 7.80. The van der Waals surface area contributed by atoms with E-state index in [1.165, 1.54) is 12.1 Å². The summed E-state index contributed by atoms with van der Waals surface area (Å²) in [5.41, 5.74) is -0.428. The molecule has 2 rings (SSSR count). The van der Waals surface area contributed by atoms with Crippen LogP contribution in [0.3, 0.4) is 0 Å². The molecule has 0 radical (unpaired) electrons. The highest BCUT2D eigenvalue weighted by Crippen LogP contribution is 2.25. The predicted molar refractivity (Wildman–Crippen MR) is 82.0 cm³/mol. The molecule has 0 amide bonds. The molecule has 0 unspecified atom stereocenters. The van der Waals surface area contributed by atoms with E-state index in [0.717, 1.165) is 23.8 Å². The Balaban J connectivity index is 2.40. The van der Waals surface area contributed by atoms with Crippen molar-refractivity contribution in [1.82, 2.24) is 0 Å². The SMILES string of the molecule is Cc1ccc(S(=O)(=O)Nc2ccc(C(=O)O)c([N+](=O)[O-])c2)cc1. The highest BCUT2D eigenvalue weighted by atomic mass is 32.2. The van der Waals surface area contributed by atoms with Crippen molar-refractivity contribution < 1.29 is 23.2 Å². The van der Waals surface area contributed by atoms with Crippen LogP contribution in [0.4, 0.5) is 11.4 Å². The maximum absolute atomic E-state index is 12.2. The van der Waals surface area contributed by atoms with Gasteiger partial charge in [-0.1, -0.05) is 17.7 Å². The fraction of sp³-hybridized carbons (Fsp3) is 0.0714. The normalized spacial score (nSPS) is 11.0. The number of hydrogen-bond donors (Lipinski definition) is 2. The molecule has 9 heteroatoms. The first kappa shape index (κ1) is 16.4. The quantitative estimate of drug-likeness (QED) is 0.637. The molecule has 0 aromatic heterocycles. The van der Waals surface area contributed by atoms with Crippen molar-refractivity contribution >= 4 is 27.4 Å². The van der Waals surface area contributed by atoms with Crippen LogP contribution < -0.4 is 4.72 Å². The highest BCUT2D eigenvalue weighted by molar-refractivity contribution is 7.92. The van der Waals surface area contributed by atoms with Crippen LogP contribution in [0.5, 0.6) is 0 Å². The molecule has 0 spiro atoms. The minimum Gasteiger partial charge on any atom is -0.477 e. The third kappa shape index (κ3) is 3.64. The molecule has 8 nitrogen and oxygen atoms in total. The maximum Gasteiger partial charge on any atom is 0.342 e. The van der Waals surface area contributed by atoms with E-state index in [1.807, 2.05) is 0 Å². The van der Waals surface area contributed by atoms with E-state index in [2.05, 4.69) is 4.72 Å². The lowest BCUT2D eigenvalue weighted by molar-refractivity contribution is -0.385. The number of aryl methyl sites for hydroxylation is 1. The largest absolute Gasteiger partial charge is 0.477 e. The Kier molecular flexibility index (Phi) is 4.32. The fourth-order valence-electron chi connectivity index (χ4n) is 1.86. The maximum atomic E-state index is 12.2. The molecule has 2 aromatic rings. The van der Waals surface area contributed by atoms with Gasteiger partial charge in [-0.25, -0.2) is 13.2 Å². The number of carboxylic acid groups (broad SMARTS) is 1. The van der Waals surface area contributed by atoms with Gasteiger partial charge in [0.1, 0.15) is 5.56 Å². The average molecular weight is 336 g/mol. The number of anilines is 1. The van der Waals surface area contributed by atoms with Crippen molar-refractivity contribution in [3.05, 3.63) is 63.7 Å². The van der Waals surface area contributed by atoms with Gasteiger partial charge in [-0.05, 0) is 31.2 Å². The minimum absolute atomic E-state index is 0.00642. The number of benzene rings is 2. The molecule has 0 aliphatic heterocycles. The van der Waals surface area contributed by atoms with Crippen molar-refractivity contribution in [3.63, 3.8) is 0 Å². The number of carboxylic acids is 1. The van der Waals surface area contributed by atoms with Crippen LogP contribution >= 0.6 is 0 Å². The smallest absolute Gasteiger partial charge is 0.342 e. The third-order valence-corrected chi connectivity index (χ3v) is 4.41. The molecule has 23 heavy (non-hydrogen) atoms. The molecule has 0 saturated heterocycles. The summed E-state index contributed by atoms with van der Waals surface area (Å²) in [5, 5.41) is 19.8. The van der Waals surface area contributed by atoms with Crippen molar-refractivity contribution in [3.8, 4) is 0 Å². The summed E-state index contributed by atoms with van der Waals surface area (Å²) in [5.74, 6) is -1.47. The second kappa shape index (κ2) is 6.05. The lowest BCUT2D eigenvalue weighted by Gasteiger charge is -2.09. The summed E-state index contributed by atoms with van der Waals surface area (Å²) in [4.78, 5) is 21.0. The van der Waals surface area contributed by atoms with E-state index in [4.69, 9.17) is 5.11 Å². The van der Waals surface area contributed by atoms with Crippen LogP contribution in [0, 0.1) is 17.0 Å². The Morgan fingerprint density at radius 3 is 2.30 bits per heavy atom. The zero-order valence-corrected chi connectivity index (χ0v) is 12.7. The van der Waals surface area contributed by atoms with Gasteiger partial charge in [-0.15, -0.1) is 0 Å². The summed E-state index contributed by atoms with van der Waals surface area (Å²) in [6.07, 6.45) is 0. The highest BCUT2D eigenvalue weighted by Gasteiger charge is 2.22. The monoisotopic (exact) mass is 336 g/mol. The predicted octanol–water partition coefficient (Wildman–Crippen LogP) is 2.40. The number of carbonyl (C=O) groups is 1. The lowest BCUT2D eigenvalue weighted by atomic mass is 10.1. The number of nitrogens with one attached hydrogen (secondary N) is 1. The van der Waals surface area contributed by atoms with E-state index in [0.29, 0.717) is 0 Å². The van der Waals surface area contributed by atoms with Crippen molar-refractivity contribution in [1.29, 1.82) is 0 Å². The molecular weight excluding hydrogens is 324 g/mol. The van der Waals surface area contributed by atoms with Crippen LogP contribution in [0.2, 0.25) is 0 Å². The topological polar surface area (TPSA) is 127 Å². The van der Waals surface area contributed by atoms with Crippen molar-refractivity contribution in [2.24, 2.45) is 0 Å². The third-order valence-electron chi connectivity index (χ3n) is 3.01. The molecule has 0 fully saturated rings. The van der Waals surface area contributed by atoms with Crippen molar-refractivity contribution in [2.45, 2.75) is 11.8 Å². The van der Waals surface area contributed by atoms with Crippen LogP contribution in [-0.2, 0) is 10.0 Å². The van der Waals surface area contributed by atoms with Gasteiger partial charge in [0.15, 0.2) is 0 Å². The molecule has 0 bridgehead atoms. The summed E-state index contributed by atoms with van der Waals surface area (Å²) in [6, 6.07) is 9.04. The van der Waals surface area contributed by atoms with Gasteiger partial charge < -0.3 is 5.11 Å². The van der Waals surface area contributed by atoms with E-state index in [9.17, 15) is 23.3 Å². The summed E-state index contributed by atoms with van der Waals surface area (Å²) in [7, 11) is -3.93. The molecule has 120 valence electrons. The van der Waals surface area contributed by atoms with E-state index in [1.54, 1.807) is 19.1 Å². The zero-order valence-electron chi connectivity index (χ0n) is 11.9. The molecule has 0 aliphatic rings. The van der Waals surface area contributed by atoms with Gasteiger partial charge >= 0.3 is 5.97 Å². The van der Waals surface area contributed by atoms with Gasteiger partial charge in [-0.2, -0.15) is 0 Å². The van der Waals surface area contributed by atoms with Crippen LogP contribution in [0.25, 0.3) is 0 Å². The van der Waals surface area contributed by atoms with Gasteiger partial charge in [0.05, 0.1) is 15.5 Å². The molecule has 2 N–H and O–H groups in total. The van der Waals surface area contributed by atoms with Gasteiger partial charge in [0, 0.05) is 6.07 Å². The Labute approximate surface area is 131 Å². The number of nitro benzene ring substituents is 1. The zero-order chi connectivity index (χ0) is 17.2. The number of rotatable bonds is 5. The van der Waals surface area contributed by atoms with Gasteiger partial charge in [0.25, 0.3) is 15.7 Å². The number of hydrogen-bond acceptors (Lipinski definition) is 5. The first-order chi connectivity index (χ1) is 10.7. The lowest BCUT2D eigenvalue weighted by Crippen LogP contribution is -2.13. The molecular formula is C14H12N2O6S. The van der Waals surface area contributed by atoms with Gasteiger partial charge in [-0.3, -0.25) is 14.8 Å². The van der Waals surface area contributed by atoms with E-state index >= 15 is 0 Å². The Morgan fingerprint density at radius 2 is 1.78 bits per heavy atom. The summed E-state index contributed by atoms with van der Waals surface area (Å²) in [6.45, 7) is 1.80. The first-order valence-electron chi connectivity index (χ1n) is 6.32. The number of aromatic carboxylic acids is 1. The Morgan fingerprint density at radius 1 is 1.17 bits per heavy atom. The summed E-state index contributed by atoms with van der Waals surface area (Å²) < 4.78 is 26.6. The van der Waals surface area contributed by atoms with Crippen LogP contribution in [0.15, 0.2) is 47.4 Å². The van der Waals surface area contributed by atoms with Crippen LogP contribution in [0.1, 0.15) is 15.9 Å². The Bertz CT molecular complexity index is 875. The molecule has 0 saturated carbocycles. The second-order valence-corrected chi connectivity index (χ2v) is 6.40. The molecule has 0 atom stereocenters. The van der Waals surface area contributed by atoms with Crippen molar-refractivity contribution in [2.75, 3.05) is 4.72 Å². The van der Waals surface area contributed by atoms with E-state index < -0.39 is 32.2 Å². The Hall–Kier alpha value is -2.94. The number of nitro groups is 1. The number of nitrogens with zero attached hydrogens (tertiary/aromatic N) is 1. The van der Waals surface area contributed by atoms with E-state index in [-0.39, 0.29) is 10.6 Å². The fourth-order valence-corrected chi connectivity index (χ4v) is 2.91. The average Bonchev–Trinajstić information content (AvgIpc) is 2.46. The molecule has 0 heterocycles. The number of sulfonamides is 1. The molecule has 2 aromatic carbocycles. The standard InChI is InChI=1S/C14H12N2O6S/c1-9-2-5-11(6-3-9)23(21,22)15-10-4-7-12(14(17)18)13(8-10)16(19)20/h2-8,15H,1H3,(H,17,18). The van der Waals surface area contributed by atoms with Gasteiger partial charge in [0.2, 0.25) is 0 Å². The summed E-state index contributed by atoms with van der Waals surface area (Å²) >= 11 is 0. The second-order valence-electron chi connectivity index (χ2n) is 4.71. The van der Waals surface area contributed by atoms with Crippen LogP contribution in [-0.4, -0.2) is 24.4 Å². The minimum atomic E-state index is -3.93. The molecule has 0 aliphatic carbocycles.